The zero-order chi connectivity index (χ0) is 20.5. The summed E-state index contributed by atoms with van der Waals surface area (Å²) >= 11 is 0. The lowest BCUT2D eigenvalue weighted by atomic mass is 9.81. The van der Waals surface area contributed by atoms with Crippen LogP contribution in [0.1, 0.15) is 42.1 Å². The Balaban J connectivity index is 2.44. The second-order valence-electron chi connectivity index (χ2n) is 6.13. The van der Waals surface area contributed by atoms with Crippen LogP contribution in [-0.2, 0) is 19.1 Å². The number of ether oxygens (including phenoxy) is 2. The van der Waals surface area contributed by atoms with Crippen LogP contribution in [0.2, 0.25) is 0 Å². The summed E-state index contributed by atoms with van der Waals surface area (Å²) < 4.78 is 23.5. The van der Waals surface area contributed by atoms with Gasteiger partial charge in [0.1, 0.15) is 5.82 Å². The quantitative estimate of drug-likeness (QED) is 0.371. The van der Waals surface area contributed by atoms with E-state index in [1.807, 2.05) is 0 Å². The van der Waals surface area contributed by atoms with E-state index in [0.717, 1.165) is 0 Å². The second-order valence-corrected chi connectivity index (χ2v) is 6.13. The van der Waals surface area contributed by atoms with E-state index < -0.39 is 29.6 Å². The Morgan fingerprint density at radius 3 is 1.89 bits per heavy atom. The van der Waals surface area contributed by atoms with Crippen molar-refractivity contribution in [2.24, 2.45) is 5.92 Å². The van der Waals surface area contributed by atoms with Gasteiger partial charge >= 0.3 is 11.9 Å². The first-order valence-corrected chi connectivity index (χ1v) is 9.14. The minimum atomic E-state index is -1.32. The molecule has 1 unspecified atom stereocenters. The Bertz CT molecular complexity index is 783. The minimum Gasteiger partial charge on any atom is -0.465 e. The average molecular weight is 386 g/mol. The summed E-state index contributed by atoms with van der Waals surface area (Å²) in [5.74, 6) is -4.40. The molecule has 148 valence electrons. The molecule has 0 spiro atoms. The fourth-order valence-electron chi connectivity index (χ4n) is 2.97. The molecule has 2 rings (SSSR count). The van der Waals surface area contributed by atoms with Crippen LogP contribution in [0.4, 0.5) is 4.39 Å². The molecule has 2 aromatic rings. The number of hydrogen-bond acceptors (Lipinski definition) is 5. The van der Waals surface area contributed by atoms with Gasteiger partial charge in [-0.25, -0.2) is 4.39 Å². The molecule has 0 aliphatic rings. The van der Waals surface area contributed by atoms with Gasteiger partial charge in [-0.15, -0.1) is 0 Å². The topological polar surface area (TPSA) is 69.7 Å². The number of rotatable bonds is 9. The lowest BCUT2D eigenvalue weighted by Gasteiger charge is -2.24. The molecule has 2 aromatic carbocycles. The average Bonchev–Trinajstić information content (AvgIpc) is 2.69. The smallest absolute Gasteiger partial charge is 0.320 e. The molecule has 0 aliphatic heterocycles. The number of Topliss-reactive ketones (excluding diaryl/α,β-unsaturated/α-hetero) is 1. The summed E-state index contributed by atoms with van der Waals surface area (Å²) in [6, 6.07) is 13.9. The molecule has 28 heavy (non-hydrogen) atoms. The highest BCUT2D eigenvalue weighted by Gasteiger charge is 2.39. The molecule has 0 aromatic heterocycles. The van der Waals surface area contributed by atoms with Gasteiger partial charge < -0.3 is 9.47 Å². The summed E-state index contributed by atoms with van der Waals surface area (Å²) in [7, 11) is 0. The molecule has 0 amide bonds. The standard InChI is InChI=1S/C22H23FO5/c1-3-27-21(25)20(22(26)28-4-2)18(15-10-12-17(23)13-11-15)14-19(24)16-8-6-5-7-9-16/h5-13,18,20H,3-4,14H2,1-2H3. The largest absolute Gasteiger partial charge is 0.465 e. The van der Waals surface area contributed by atoms with Gasteiger partial charge in [-0.3, -0.25) is 14.4 Å². The summed E-state index contributed by atoms with van der Waals surface area (Å²) in [5.41, 5.74) is 0.942. The van der Waals surface area contributed by atoms with Crippen LogP contribution >= 0.6 is 0 Å². The maximum Gasteiger partial charge on any atom is 0.320 e. The zero-order valence-electron chi connectivity index (χ0n) is 15.9. The predicted molar refractivity (Wildman–Crippen MR) is 101 cm³/mol. The van der Waals surface area contributed by atoms with Crippen LogP contribution in [0.3, 0.4) is 0 Å². The van der Waals surface area contributed by atoms with Gasteiger partial charge in [-0.1, -0.05) is 42.5 Å². The maximum atomic E-state index is 13.4. The molecule has 0 saturated carbocycles. The molecule has 0 saturated heterocycles. The molecule has 5 nitrogen and oxygen atoms in total. The maximum absolute atomic E-state index is 13.4. The van der Waals surface area contributed by atoms with E-state index >= 15 is 0 Å². The Morgan fingerprint density at radius 2 is 1.39 bits per heavy atom. The fraction of sp³-hybridized carbons (Fsp3) is 0.318. The lowest BCUT2D eigenvalue weighted by Crippen LogP contribution is -2.34. The van der Waals surface area contributed by atoms with Gasteiger partial charge in [0.2, 0.25) is 0 Å². The molecule has 1 atom stereocenters. The molecular weight excluding hydrogens is 363 g/mol. The summed E-state index contributed by atoms with van der Waals surface area (Å²) in [5, 5.41) is 0. The molecule has 0 radical (unpaired) electrons. The molecular formula is C22H23FO5. The van der Waals surface area contributed by atoms with Crippen molar-refractivity contribution in [3.05, 3.63) is 71.5 Å². The van der Waals surface area contributed by atoms with E-state index in [1.54, 1.807) is 44.2 Å². The Hall–Kier alpha value is -3.02. The molecule has 0 fully saturated rings. The van der Waals surface area contributed by atoms with Crippen molar-refractivity contribution >= 4 is 17.7 Å². The Kier molecular flexibility index (Phi) is 7.87. The minimum absolute atomic E-state index is 0.0809. The van der Waals surface area contributed by atoms with Gasteiger partial charge in [-0.2, -0.15) is 0 Å². The third kappa shape index (κ3) is 5.49. The van der Waals surface area contributed by atoms with Crippen LogP contribution in [0, 0.1) is 11.7 Å². The van der Waals surface area contributed by atoms with Crippen molar-refractivity contribution < 1.29 is 28.2 Å². The van der Waals surface area contributed by atoms with Crippen molar-refractivity contribution in [2.45, 2.75) is 26.2 Å². The van der Waals surface area contributed by atoms with Crippen molar-refractivity contribution in [3.63, 3.8) is 0 Å². The number of carbonyl (C=O) groups is 3. The zero-order valence-corrected chi connectivity index (χ0v) is 15.9. The van der Waals surface area contributed by atoms with Gasteiger partial charge in [0.25, 0.3) is 0 Å². The number of hydrogen-bond donors (Lipinski definition) is 0. The molecule has 0 N–H and O–H groups in total. The van der Waals surface area contributed by atoms with Crippen LogP contribution in [0.25, 0.3) is 0 Å². The summed E-state index contributed by atoms with van der Waals surface area (Å²) in [6.45, 7) is 3.42. The number of benzene rings is 2. The van der Waals surface area contributed by atoms with Crippen molar-refractivity contribution in [1.82, 2.24) is 0 Å². The number of esters is 2. The van der Waals surface area contributed by atoms with Crippen molar-refractivity contribution in [1.29, 1.82) is 0 Å². The van der Waals surface area contributed by atoms with Crippen LogP contribution in [-0.4, -0.2) is 30.9 Å². The number of halogens is 1. The summed E-state index contributed by atoms with van der Waals surface area (Å²) in [6.07, 6.45) is -0.127. The van der Waals surface area contributed by atoms with Crippen molar-refractivity contribution in [3.8, 4) is 0 Å². The van der Waals surface area contributed by atoms with Gasteiger partial charge in [-0.05, 0) is 31.5 Å². The fourth-order valence-corrected chi connectivity index (χ4v) is 2.97. The normalized spacial score (nSPS) is 11.7. The first-order valence-electron chi connectivity index (χ1n) is 9.14. The van der Waals surface area contributed by atoms with E-state index in [1.165, 1.54) is 24.3 Å². The molecule has 0 heterocycles. The highest BCUT2D eigenvalue weighted by molar-refractivity contribution is 6.00. The third-order valence-electron chi connectivity index (χ3n) is 4.28. The van der Waals surface area contributed by atoms with Crippen LogP contribution in [0.15, 0.2) is 54.6 Å². The van der Waals surface area contributed by atoms with E-state index in [2.05, 4.69) is 0 Å². The van der Waals surface area contributed by atoms with Gasteiger partial charge in [0.15, 0.2) is 11.7 Å². The number of ketones is 1. The predicted octanol–water partition coefficient (Wildman–Crippen LogP) is 3.92. The Morgan fingerprint density at radius 1 is 0.857 bits per heavy atom. The highest BCUT2D eigenvalue weighted by Crippen LogP contribution is 2.32. The van der Waals surface area contributed by atoms with Crippen LogP contribution in [0.5, 0.6) is 0 Å². The first kappa shape index (κ1) is 21.3. The van der Waals surface area contributed by atoms with E-state index in [0.29, 0.717) is 11.1 Å². The highest BCUT2D eigenvalue weighted by atomic mass is 19.1. The second kappa shape index (κ2) is 10.3. The molecule has 0 aliphatic carbocycles. The van der Waals surface area contributed by atoms with Gasteiger partial charge in [0, 0.05) is 17.9 Å². The number of carbonyl (C=O) groups excluding carboxylic acids is 3. The van der Waals surface area contributed by atoms with E-state index in [-0.39, 0.29) is 25.4 Å². The van der Waals surface area contributed by atoms with Crippen molar-refractivity contribution in [2.75, 3.05) is 13.2 Å². The van der Waals surface area contributed by atoms with E-state index in [4.69, 9.17) is 9.47 Å². The lowest BCUT2D eigenvalue weighted by molar-refractivity contribution is -0.162. The molecule has 0 bridgehead atoms. The third-order valence-corrected chi connectivity index (χ3v) is 4.28. The summed E-state index contributed by atoms with van der Waals surface area (Å²) in [4.78, 5) is 37.9. The SMILES string of the molecule is CCOC(=O)C(C(=O)OCC)C(CC(=O)c1ccccc1)c1ccc(F)cc1. The van der Waals surface area contributed by atoms with Crippen LogP contribution < -0.4 is 0 Å². The van der Waals surface area contributed by atoms with Gasteiger partial charge in [0.05, 0.1) is 13.2 Å². The first-order chi connectivity index (χ1) is 13.5. The van der Waals surface area contributed by atoms with E-state index in [9.17, 15) is 18.8 Å². The Labute approximate surface area is 163 Å². The molecule has 6 heteroatoms. The monoisotopic (exact) mass is 386 g/mol.